The van der Waals surface area contributed by atoms with E-state index in [2.05, 4.69) is 101 Å². The first-order valence-electron chi connectivity index (χ1n) is 13.1. The molecule has 0 aromatic heterocycles. The number of benzene rings is 2. The average molecular weight is 704 g/mol. The van der Waals surface area contributed by atoms with E-state index in [9.17, 15) is 0 Å². The summed E-state index contributed by atoms with van der Waals surface area (Å²) >= 11 is 1.45. The fourth-order valence-electron chi connectivity index (χ4n) is 4.73. The number of hydrogen-bond donors (Lipinski definition) is 0. The summed E-state index contributed by atoms with van der Waals surface area (Å²) in [5.74, 6) is 3.00. The van der Waals surface area contributed by atoms with Gasteiger partial charge in [0.15, 0.2) is 0 Å². The van der Waals surface area contributed by atoms with E-state index < -0.39 is 0 Å². The Morgan fingerprint density at radius 2 is 1.03 bits per heavy atom. The molecule has 0 heterocycles. The Balaban J connectivity index is 0.000000211. The second kappa shape index (κ2) is 13.9. The molecular weight excluding hydrogens is 662 g/mol. The third-order valence-electron chi connectivity index (χ3n) is 6.98. The minimum absolute atomic E-state index is 0. The van der Waals surface area contributed by atoms with E-state index in [-0.39, 0.29) is 30.3 Å². The number of fused-ring (bicyclic) bond motifs is 2. The van der Waals surface area contributed by atoms with Gasteiger partial charge in [0, 0.05) is 0 Å². The van der Waals surface area contributed by atoms with Crippen LogP contribution in [0.3, 0.4) is 0 Å². The van der Waals surface area contributed by atoms with E-state index in [4.69, 9.17) is 0 Å². The van der Waals surface area contributed by atoms with Crippen LogP contribution in [0, 0.1) is 0 Å². The molecule has 0 unspecified atom stereocenters. The van der Waals surface area contributed by atoms with Gasteiger partial charge in [-0.2, -0.15) is 12.1 Å². The van der Waals surface area contributed by atoms with Gasteiger partial charge in [-0.15, -0.1) is 93.9 Å². The normalized spacial score (nSPS) is 14.5. The van der Waals surface area contributed by atoms with Crippen LogP contribution in [0.1, 0.15) is 99.3 Å². The van der Waals surface area contributed by atoms with Crippen molar-refractivity contribution in [3.63, 3.8) is 0 Å². The topological polar surface area (TPSA) is 0 Å². The Hall–Kier alpha value is -0.673. The molecule has 2 aliphatic carbocycles. The number of hydrogen-bond acceptors (Lipinski definition) is 0. The molecule has 0 atom stereocenters. The maximum Gasteiger partial charge on any atom is -0.147 e. The smallest absolute Gasteiger partial charge is 0.147 e. The van der Waals surface area contributed by atoms with Gasteiger partial charge in [0.1, 0.15) is 0 Å². The Labute approximate surface area is 246 Å². The van der Waals surface area contributed by atoms with Gasteiger partial charge in [-0.25, -0.2) is 0 Å². The number of halogens is 2. The van der Waals surface area contributed by atoms with Crippen molar-refractivity contribution in [2.75, 3.05) is 0 Å². The van der Waals surface area contributed by atoms with Gasteiger partial charge in [-0.05, 0) is 49.4 Å². The van der Waals surface area contributed by atoms with Gasteiger partial charge < -0.3 is 0 Å². The van der Waals surface area contributed by atoms with Crippen LogP contribution in [0.5, 0.6) is 0 Å². The molecule has 0 N–H and O–H groups in total. The van der Waals surface area contributed by atoms with Gasteiger partial charge in [-0.1, -0.05) is 51.0 Å². The van der Waals surface area contributed by atoms with Crippen molar-refractivity contribution in [2.45, 2.75) is 90.1 Å². The first kappa shape index (κ1) is 31.5. The summed E-state index contributed by atoms with van der Waals surface area (Å²) in [5, 5.41) is 5.87. The summed E-state index contributed by atoms with van der Waals surface area (Å²) in [6, 6.07) is 23.0. The van der Waals surface area contributed by atoms with Crippen molar-refractivity contribution in [3.05, 3.63) is 82.9 Å². The summed E-state index contributed by atoms with van der Waals surface area (Å²) in [4.78, 5) is 0. The molecule has 2 aliphatic rings. The summed E-state index contributed by atoms with van der Waals surface area (Å²) in [6.45, 7) is 13.7. The first-order valence-corrected chi connectivity index (χ1v) is 21.0. The van der Waals surface area contributed by atoms with E-state index in [1.807, 2.05) is 0 Å². The quantitative estimate of drug-likeness (QED) is 0.147. The molecule has 2 fully saturated rings. The van der Waals surface area contributed by atoms with Crippen molar-refractivity contribution in [1.82, 2.24) is 0 Å². The summed E-state index contributed by atoms with van der Waals surface area (Å²) in [7, 11) is 0. The summed E-state index contributed by atoms with van der Waals surface area (Å²) < 4.78 is 0. The van der Waals surface area contributed by atoms with Gasteiger partial charge >= 0.3 is 41.6 Å². The maximum atomic E-state index is 2.40. The van der Waals surface area contributed by atoms with Crippen LogP contribution < -0.4 is 0 Å². The van der Waals surface area contributed by atoms with Crippen molar-refractivity contribution >= 4 is 51.9 Å². The van der Waals surface area contributed by atoms with Crippen molar-refractivity contribution < 1.29 is 23.0 Å². The van der Waals surface area contributed by atoms with Gasteiger partial charge in [0.2, 0.25) is 0 Å². The zero-order valence-corrected chi connectivity index (χ0v) is 29.0. The Bertz CT molecular complexity index is 1170. The summed E-state index contributed by atoms with van der Waals surface area (Å²) in [6.07, 6.45) is 5.56. The Morgan fingerprint density at radius 1 is 0.694 bits per heavy atom. The van der Waals surface area contributed by atoms with Crippen LogP contribution in [-0.4, -0.2) is 5.49 Å². The molecule has 36 heavy (non-hydrogen) atoms. The molecular formula is C32H42Cl2HfSi. The van der Waals surface area contributed by atoms with E-state index in [1.54, 1.807) is 11.1 Å². The third kappa shape index (κ3) is 8.16. The minimum atomic E-state index is 0. The van der Waals surface area contributed by atoms with Crippen LogP contribution in [0.2, 0.25) is 13.1 Å². The molecule has 0 bridgehead atoms. The zero-order chi connectivity index (χ0) is 24.4. The Kier molecular flexibility index (Phi) is 12.2. The summed E-state index contributed by atoms with van der Waals surface area (Å²) in [5.41, 5.74) is 6.39. The van der Waals surface area contributed by atoms with Crippen molar-refractivity contribution in [2.24, 2.45) is 0 Å². The Morgan fingerprint density at radius 3 is 1.31 bits per heavy atom. The second-order valence-corrected chi connectivity index (χ2v) is 23.9. The first-order chi connectivity index (χ1) is 16.2. The molecule has 0 nitrogen and oxygen atoms in total. The molecule has 4 aromatic carbocycles. The average Bonchev–Trinajstić information content (AvgIpc) is 3.71. The molecule has 192 valence electrons. The van der Waals surface area contributed by atoms with E-state index in [0.29, 0.717) is 11.8 Å². The predicted octanol–water partition coefficient (Wildman–Crippen LogP) is 10.7. The van der Waals surface area contributed by atoms with Crippen molar-refractivity contribution in [1.29, 1.82) is 0 Å². The maximum absolute atomic E-state index is 2.40. The molecule has 6 rings (SSSR count). The van der Waals surface area contributed by atoms with Crippen LogP contribution >= 0.6 is 24.8 Å². The van der Waals surface area contributed by atoms with Crippen LogP contribution in [0.25, 0.3) is 21.5 Å². The van der Waals surface area contributed by atoms with Crippen LogP contribution in [0.15, 0.2) is 60.7 Å². The van der Waals surface area contributed by atoms with E-state index >= 15 is 0 Å². The minimum Gasteiger partial charge on any atom is -0.147 e. The third-order valence-corrected chi connectivity index (χ3v) is 6.98. The monoisotopic (exact) mass is 704 g/mol. The molecule has 4 heteroatoms. The largest absolute Gasteiger partial charge is 0.147 e. The fourth-order valence-corrected chi connectivity index (χ4v) is 4.73. The molecule has 2 saturated carbocycles. The SMILES string of the molecule is CC(C)c1cc2c(C3CC3)cccc2[cH-]1.CC(C)c1cc2c(C3CC3)cccc2[cH-]1.C[Si](C)=[Hf+2].Cl.Cl. The molecule has 0 amide bonds. The molecule has 0 radical (unpaired) electrons. The number of rotatable bonds is 4. The van der Waals surface area contributed by atoms with Crippen molar-refractivity contribution in [3.8, 4) is 0 Å². The standard InChI is InChI=1S/2C15H17.C2H6Si.2ClH.Hf/c2*1-10(2)13-8-12-4-3-5-14(11-6-7-11)15(12)9-13;1-3-2;;;/h2*3-5,8-11H,6-7H2,1-2H3;1-2H3;2*1H;/q2*-1;;;;+2. The van der Waals surface area contributed by atoms with Crippen LogP contribution in [0.4, 0.5) is 0 Å². The predicted molar refractivity (Wildman–Crippen MR) is 163 cm³/mol. The second-order valence-electron chi connectivity index (χ2n) is 11.1. The molecule has 0 aliphatic heterocycles. The fraction of sp³-hybridized carbons (Fsp3) is 0.438. The van der Waals surface area contributed by atoms with Gasteiger partial charge in [-0.3, -0.25) is 0 Å². The molecule has 0 spiro atoms. The molecule has 0 saturated heterocycles. The molecule has 4 aromatic rings. The van der Waals surface area contributed by atoms with E-state index in [0.717, 1.165) is 11.8 Å². The van der Waals surface area contributed by atoms with Gasteiger partial charge in [0.05, 0.1) is 0 Å². The van der Waals surface area contributed by atoms with Crippen LogP contribution in [-0.2, 0) is 23.0 Å². The van der Waals surface area contributed by atoms with E-state index in [1.165, 1.54) is 81.4 Å². The van der Waals surface area contributed by atoms with Gasteiger partial charge in [0.25, 0.3) is 0 Å². The zero-order valence-electron chi connectivity index (χ0n) is 22.7.